The molecule has 22 heavy (non-hydrogen) atoms. The summed E-state index contributed by atoms with van der Waals surface area (Å²) in [4.78, 5) is 20.2. The Morgan fingerprint density at radius 2 is 2.45 bits per heavy atom. The van der Waals surface area contributed by atoms with Crippen molar-refractivity contribution in [3.63, 3.8) is 0 Å². The van der Waals surface area contributed by atoms with Crippen LogP contribution in [0, 0.1) is 5.92 Å². The second-order valence-electron chi connectivity index (χ2n) is 6.73. The number of carbonyl (C=O) groups is 1. The standard InChI is InChI=1S/C16H21N3O2S/c20-15(17-8-12-1-2-12)14-7-16(21-18-14)4-5-19(11-16)9-13-3-6-22-10-13/h3,6,10,12H,1-2,4-5,7-9,11H2,(H,17,20)/t16-/m1/s1. The van der Waals surface area contributed by atoms with E-state index in [9.17, 15) is 4.79 Å². The molecule has 0 bridgehead atoms. The Morgan fingerprint density at radius 1 is 1.55 bits per heavy atom. The summed E-state index contributed by atoms with van der Waals surface area (Å²) in [6.45, 7) is 3.60. The minimum atomic E-state index is -0.276. The molecule has 118 valence electrons. The van der Waals surface area contributed by atoms with E-state index in [1.165, 1.54) is 18.4 Å². The van der Waals surface area contributed by atoms with E-state index in [4.69, 9.17) is 4.84 Å². The number of hydrogen-bond acceptors (Lipinski definition) is 5. The van der Waals surface area contributed by atoms with Gasteiger partial charge in [0.15, 0.2) is 5.60 Å². The molecule has 1 atom stereocenters. The third-order valence-electron chi connectivity index (χ3n) is 4.73. The molecule has 0 unspecified atom stereocenters. The molecule has 1 aromatic rings. The number of thiophene rings is 1. The summed E-state index contributed by atoms with van der Waals surface area (Å²) in [5.41, 5.74) is 1.64. The second kappa shape index (κ2) is 5.66. The maximum absolute atomic E-state index is 12.1. The molecular weight excluding hydrogens is 298 g/mol. The van der Waals surface area contributed by atoms with Gasteiger partial charge in [-0.1, -0.05) is 5.16 Å². The smallest absolute Gasteiger partial charge is 0.269 e. The molecule has 1 spiro atoms. The van der Waals surface area contributed by atoms with Gasteiger partial charge in [-0.05, 0) is 41.1 Å². The summed E-state index contributed by atoms with van der Waals surface area (Å²) >= 11 is 1.73. The molecule has 1 amide bonds. The van der Waals surface area contributed by atoms with Crippen LogP contribution in [0.15, 0.2) is 22.0 Å². The van der Waals surface area contributed by atoms with Crippen LogP contribution in [0.1, 0.15) is 31.2 Å². The summed E-state index contributed by atoms with van der Waals surface area (Å²) in [6, 6.07) is 2.17. The molecule has 1 N–H and O–H groups in total. The van der Waals surface area contributed by atoms with Gasteiger partial charge in [0.2, 0.25) is 0 Å². The predicted molar refractivity (Wildman–Crippen MR) is 85.8 cm³/mol. The average molecular weight is 319 g/mol. The van der Waals surface area contributed by atoms with Gasteiger partial charge in [0.25, 0.3) is 5.91 Å². The van der Waals surface area contributed by atoms with Crippen LogP contribution in [-0.2, 0) is 16.2 Å². The average Bonchev–Trinajstić information content (AvgIpc) is 2.92. The molecule has 1 aromatic heterocycles. The Bertz CT molecular complexity index is 582. The lowest BCUT2D eigenvalue weighted by atomic mass is 9.96. The van der Waals surface area contributed by atoms with Gasteiger partial charge in [-0.2, -0.15) is 11.3 Å². The molecule has 0 aromatic carbocycles. The topological polar surface area (TPSA) is 53.9 Å². The zero-order chi connectivity index (χ0) is 15.0. The lowest BCUT2D eigenvalue weighted by Crippen LogP contribution is -2.37. The number of likely N-dealkylation sites (tertiary alicyclic amines) is 1. The fourth-order valence-electron chi connectivity index (χ4n) is 3.23. The van der Waals surface area contributed by atoms with E-state index in [1.807, 2.05) is 0 Å². The Balaban J connectivity index is 1.30. The van der Waals surface area contributed by atoms with E-state index in [2.05, 4.69) is 32.2 Å². The van der Waals surface area contributed by atoms with Crippen LogP contribution in [0.3, 0.4) is 0 Å². The Kier molecular flexibility index (Phi) is 3.66. The van der Waals surface area contributed by atoms with Gasteiger partial charge in [0.1, 0.15) is 5.71 Å². The number of amides is 1. The highest BCUT2D eigenvalue weighted by molar-refractivity contribution is 7.07. The highest BCUT2D eigenvalue weighted by Gasteiger charge is 2.46. The number of nitrogens with one attached hydrogen (secondary N) is 1. The van der Waals surface area contributed by atoms with E-state index >= 15 is 0 Å². The molecule has 3 aliphatic rings. The number of rotatable bonds is 5. The summed E-state index contributed by atoms with van der Waals surface area (Å²) in [6.07, 6.45) is 4.07. The Labute approximate surface area is 134 Å². The van der Waals surface area contributed by atoms with E-state index in [1.54, 1.807) is 11.3 Å². The normalized spacial score (nSPS) is 27.9. The molecule has 2 aliphatic heterocycles. The van der Waals surface area contributed by atoms with Gasteiger partial charge in [-0.25, -0.2) is 0 Å². The number of carbonyl (C=O) groups excluding carboxylic acids is 1. The van der Waals surface area contributed by atoms with Crippen molar-refractivity contribution in [2.24, 2.45) is 11.1 Å². The van der Waals surface area contributed by atoms with Gasteiger partial charge < -0.3 is 10.2 Å². The maximum atomic E-state index is 12.1. The van der Waals surface area contributed by atoms with Gasteiger partial charge in [0, 0.05) is 39.0 Å². The fourth-order valence-corrected chi connectivity index (χ4v) is 3.89. The van der Waals surface area contributed by atoms with E-state index in [-0.39, 0.29) is 11.5 Å². The maximum Gasteiger partial charge on any atom is 0.269 e. The quantitative estimate of drug-likeness (QED) is 0.903. The molecule has 5 nitrogen and oxygen atoms in total. The van der Waals surface area contributed by atoms with Crippen molar-refractivity contribution in [2.45, 2.75) is 37.8 Å². The Morgan fingerprint density at radius 3 is 3.23 bits per heavy atom. The van der Waals surface area contributed by atoms with Crippen molar-refractivity contribution in [1.29, 1.82) is 0 Å². The van der Waals surface area contributed by atoms with E-state index in [0.717, 1.165) is 32.6 Å². The van der Waals surface area contributed by atoms with Crippen molar-refractivity contribution >= 4 is 23.0 Å². The van der Waals surface area contributed by atoms with Crippen LogP contribution in [0.4, 0.5) is 0 Å². The van der Waals surface area contributed by atoms with Crippen LogP contribution >= 0.6 is 11.3 Å². The van der Waals surface area contributed by atoms with Crippen molar-refractivity contribution in [3.05, 3.63) is 22.4 Å². The van der Waals surface area contributed by atoms with Crippen molar-refractivity contribution < 1.29 is 9.63 Å². The first kappa shape index (κ1) is 14.2. The zero-order valence-electron chi connectivity index (χ0n) is 12.6. The lowest BCUT2D eigenvalue weighted by Gasteiger charge is -2.21. The molecule has 0 radical (unpaired) electrons. The third-order valence-corrected chi connectivity index (χ3v) is 5.46. The lowest BCUT2D eigenvalue weighted by molar-refractivity contribution is -0.115. The molecule has 3 heterocycles. The number of hydrogen-bond donors (Lipinski definition) is 1. The third kappa shape index (κ3) is 3.03. The van der Waals surface area contributed by atoms with Crippen LogP contribution in [0.5, 0.6) is 0 Å². The molecule has 2 fully saturated rings. The van der Waals surface area contributed by atoms with Crippen molar-refractivity contribution in [1.82, 2.24) is 10.2 Å². The molecule has 4 rings (SSSR count). The first-order valence-electron chi connectivity index (χ1n) is 7.99. The highest BCUT2D eigenvalue weighted by atomic mass is 32.1. The van der Waals surface area contributed by atoms with Gasteiger partial charge in [-0.15, -0.1) is 0 Å². The predicted octanol–water partition coefficient (Wildman–Crippen LogP) is 2.00. The van der Waals surface area contributed by atoms with Gasteiger partial charge in [-0.3, -0.25) is 9.69 Å². The minimum Gasteiger partial charge on any atom is -0.387 e. The first-order valence-corrected chi connectivity index (χ1v) is 8.93. The van der Waals surface area contributed by atoms with Crippen LogP contribution < -0.4 is 5.32 Å². The highest BCUT2D eigenvalue weighted by Crippen LogP contribution is 2.34. The molecule has 1 saturated carbocycles. The second-order valence-corrected chi connectivity index (χ2v) is 7.51. The summed E-state index contributed by atoms with van der Waals surface area (Å²) in [5.74, 6) is 0.647. The first-order chi connectivity index (χ1) is 10.7. The van der Waals surface area contributed by atoms with Crippen LogP contribution in [-0.4, -0.2) is 41.8 Å². The van der Waals surface area contributed by atoms with Gasteiger partial charge in [0.05, 0.1) is 0 Å². The molecule has 1 saturated heterocycles. The largest absolute Gasteiger partial charge is 0.387 e. The number of nitrogens with zero attached hydrogens (tertiary/aromatic N) is 2. The van der Waals surface area contributed by atoms with E-state index in [0.29, 0.717) is 18.1 Å². The molecule has 6 heteroatoms. The molecular formula is C16H21N3O2S. The Hall–Kier alpha value is -1.40. The molecule has 1 aliphatic carbocycles. The monoisotopic (exact) mass is 319 g/mol. The fraction of sp³-hybridized carbons (Fsp3) is 0.625. The van der Waals surface area contributed by atoms with Gasteiger partial charge >= 0.3 is 0 Å². The van der Waals surface area contributed by atoms with E-state index < -0.39 is 0 Å². The minimum absolute atomic E-state index is 0.0416. The van der Waals surface area contributed by atoms with Crippen LogP contribution in [0.25, 0.3) is 0 Å². The summed E-state index contributed by atoms with van der Waals surface area (Å²) < 4.78 is 0. The van der Waals surface area contributed by atoms with Crippen LogP contribution in [0.2, 0.25) is 0 Å². The summed E-state index contributed by atoms with van der Waals surface area (Å²) in [7, 11) is 0. The van der Waals surface area contributed by atoms with Crippen molar-refractivity contribution in [3.8, 4) is 0 Å². The zero-order valence-corrected chi connectivity index (χ0v) is 13.4. The van der Waals surface area contributed by atoms with Crippen molar-refractivity contribution in [2.75, 3.05) is 19.6 Å². The summed E-state index contributed by atoms with van der Waals surface area (Å²) in [5, 5.41) is 11.4. The number of oxime groups is 1. The SMILES string of the molecule is O=C(NCC1CC1)C1=NO[C@]2(CCN(Cc3ccsc3)C2)C1.